The molecule has 0 aliphatic heterocycles. The van der Waals surface area contributed by atoms with Crippen LogP contribution in [-0.4, -0.2) is 15.0 Å². The first-order valence-electron chi connectivity index (χ1n) is 4.41. The quantitative estimate of drug-likeness (QED) is 0.697. The van der Waals surface area contributed by atoms with Gasteiger partial charge in [0.15, 0.2) is 0 Å². The first kappa shape index (κ1) is 7.73. The van der Waals surface area contributed by atoms with Crippen LogP contribution in [0.1, 0.15) is 36.6 Å². The zero-order valence-corrected chi connectivity index (χ0v) is 7.32. The highest BCUT2D eigenvalue weighted by Crippen LogP contribution is 2.36. The van der Waals surface area contributed by atoms with Crippen molar-refractivity contribution in [2.24, 2.45) is 12.8 Å². The van der Waals surface area contributed by atoms with Crippen LogP contribution in [-0.2, 0) is 13.6 Å². The summed E-state index contributed by atoms with van der Waals surface area (Å²) in [6, 6.07) is 0. The second-order valence-corrected chi connectivity index (χ2v) is 3.38. The molecule has 2 rings (SSSR count). The topological polar surface area (TPSA) is 56.7 Å². The maximum absolute atomic E-state index is 5.61. The van der Waals surface area contributed by atoms with E-state index in [1.54, 1.807) is 4.68 Å². The van der Waals surface area contributed by atoms with Crippen LogP contribution in [0.4, 0.5) is 0 Å². The Morgan fingerprint density at radius 2 is 2.33 bits per heavy atom. The molecule has 1 aromatic rings. The largest absolute Gasteiger partial charge is 0.325 e. The minimum absolute atomic E-state index is 0.551. The van der Waals surface area contributed by atoms with Gasteiger partial charge in [0.25, 0.3) is 0 Å². The van der Waals surface area contributed by atoms with Crippen LogP contribution in [0.2, 0.25) is 0 Å². The molecule has 0 amide bonds. The van der Waals surface area contributed by atoms with Gasteiger partial charge >= 0.3 is 0 Å². The summed E-state index contributed by atoms with van der Waals surface area (Å²) in [5, 5.41) is 8.12. The van der Waals surface area contributed by atoms with Crippen LogP contribution in [0.5, 0.6) is 0 Å². The zero-order valence-electron chi connectivity index (χ0n) is 7.32. The van der Waals surface area contributed by atoms with E-state index < -0.39 is 0 Å². The van der Waals surface area contributed by atoms with Crippen molar-refractivity contribution in [3.8, 4) is 0 Å². The molecule has 4 heteroatoms. The molecule has 0 saturated heterocycles. The van der Waals surface area contributed by atoms with Gasteiger partial charge in [0.2, 0.25) is 0 Å². The number of nitrogens with zero attached hydrogens (tertiary/aromatic N) is 3. The van der Waals surface area contributed by atoms with Gasteiger partial charge in [-0.2, -0.15) is 0 Å². The lowest BCUT2D eigenvalue weighted by Crippen LogP contribution is -2.14. The third kappa shape index (κ3) is 1.03. The summed E-state index contributed by atoms with van der Waals surface area (Å²) in [6.07, 6.45) is 3.84. The molecule has 0 bridgehead atoms. The summed E-state index contributed by atoms with van der Waals surface area (Å²) in [6.45, 7) is 0.551. The fourth-order valence-corrected chi connectivity index (χ4v) is 1.63. The van der Waals surface area contributed by atoms with E-state index in [1.165, 1.54) is 19.3 Å². The van der Waals surface area contributed by atoms with E-state index in [1.807, 2.05) is 7.05 Å². The maximum atomic E-state index is 5.61. The molecule has 66 valence electrons. The van der Waals surface area contributed by atoms with Gasteiger partial charge in [0.1, 0.15) is 0 Å². The van der Waals surface area contributed by atoms with Crippen LogP contribution in [0, 0.1) is 0 Å². The molecular formula is C8H14N4. The number of aryl methyl sites for hydroxylation is 1. The average molecular weight is 166 g/mol. The van der Waals surface area contributed by atoms with E-state index in [2.05, 4.69) is 10.3 Å². The summed E-state index contributed by atoms with van der Waals surface area (Å²) in [7, 11) is 1.90. The van der Waals surface area contributed by atoms with Crippen molar-refractivity contribution in [2.45, 2.75) is 31.7 Å². The molecule has 0 radical (unpaired) electrons. The standard InChI is InChI=1S/C8H14N4/c1-12-7(5-9)8(10-11-12)6-3-2-4-6/h6H,2-5,9H2,1H3. The van der Waals surface area contributed by atoms with Gasteiger partial charge in [0.05, 0.1) is 11.4 Å². The fourth-order valence-electron chi connectivity index (χ4n) is 1.63. The first-order valence-corrected chi connectivity index (χ1v) is 4.41. The molecule has 1 aliphatic carbocycles. The molecule has 2 N–H and O–H groups in total. The smallest absolute Gasteiger partial charge is 0.0903 e. The predicted molar refractivity (Wildman–Crippen MR) is 45.5 cm³/mol. The molecule has 0 atom stereocenters. The van der Waals surface area contributed by atoms with Crippen LogP contribution >= 0.6 is 0 Å². The van der Waals surface area contributed by atoms with Crippen LogP contribution < -0.4 is 5.73 Å². The van der Waals surface area contributed by atoms with Crippen molar-refractivity contribution in [3.63, 3.8) is 0 Å². The monoisotopic (exact) mass is 166 g/mol. The Balaban J connectivity index is 2.29. The molecular weight excluding hydrogens is 152 g/mol. The number of aromatic nitrogens is 3. The summed E-state index contributed by atoms with van der Waals surface area (Å²) < 4.78 is 1.79. The van der Waals surface area contributed by atoms with Gasteiger partial charge in [-0.3, -0.25) is 4.68 Å². The Labute approximate surface area is 71.8 Å². The molecule has 12 heavy (non-hydrogen) atoms. The lowest BCUT2D eigenvalue weighted by Gasteiger charge is -2.23. The lowest BCUT2D eigenvalue weighted by atomic mass is 9.82. The molecule has 4 nitrogen and oxygen atoms in total. The Morgan fingerprint density at radius 1 is 1.58 bits per heavy atom. The van der Waals surface area contributed by atoms with E-state index in [4.69, 9.17) is 5.73 Å². The molecule has 1 aliphatic rings. The minimum Gasteiger partial charge on any atom is -0.325 e. The summed E-state index contributed by atoms with van der Waals surface area (Å²) in [5.41, 5.74) is 7.84. The number of hydrogen-bond acceptors (Lipinski definition) is 3. The van der Waals surface area contributed by atoms with E-state index in [-0.39, 0.29) is 0 Å². The second kappa shape index (κ2) is 2.86. The van der Waals surface area contributed by atoms with Crippen molar-refractivity contribution in [1.29, 1.82) is 0 Å². The molecule has 1 fully saturated rings. The summed E-state index contributed by atoms with van der Waals surface area (Å²) >= 11 is 0. The van der Waals surface area contributed by atoms with Crippen molar-refractivity contribution in [3.05, 3.63) is 11.4 Å². The van der Waals surface area contributed by atoms with Crippen molar-refractivity contribution in [1.82, 2.24) is 15.0 Å². The molecule has 0 spiro atoms. The molecule has 0 aromatic carbocycles. The number of rotatable bonds is 2. The summed E-state index contributed by atoms with van der Waals surface area (Å²) in [4.78, 5) is 0. The summed E-state index contributed by atoms with van der Waals surface area (Å²) in [5.74, 6) is 0.636. The molecule has 1 aromatic heterocycles. The van der Waals surface area contributed by atoms with Crippen LogP contribution in [0.25, 0.3) is 0 Å². The number of nitrogens with two attached hydrogens (primary N) is 1. The van der Waals surface area contributed by atoms with Crippen LogP contribution in [0.3, 0.4) is 0 Å². The van der Waals surface area contributed by atoms with Gasteiger partial charge in [-0.1, -0.05) is 11.6 Å². The van der Waals surface area contributed by atoms with E-state index in [0.29, 0.717) is 12.5 Å². The normalized spacial score (nSPS) is 17.8. The Kier molecular flexibility index (Phi) is 1.84. The molecule has 1 saturated carbocycles. The molecule has 1 heterocycles. The third-order valence-corrected chi connectivity index (χ3v) is 2.66. The SMILES string of the molecule is Cn1nnc(C2CCC2)c1CN. The van der Waals surface area contributed by atoms with Crippen LogP contribution in [0.15, 0.2) is 0 Å². The molecule has 0 unspecified atom stereocenters. The second-order valence-electron chi connectivity index (χ2n) is 3.38. The van der Waals surface area contributed by atoms with Crippen molar-refractivity contribution in [2.75, 3.05) is 0 Å². The third-order valence-electron chi connectivity index (χ3n) is 2.66. The first-order chi connectivity index (χ1) is 5.83. The highest BCUT2D eigenvalue weighted by molar-refractivity contribution is 5.17. The number of hydrogen-bond donors (Lipinski definition) is 1. The van der Waals surface area contributed by atoms with Gasteiger partial charge < -0.3 is 5.73 Å². The Morgan fingerprint density at radius 3 is 2.83 bits per heavy atom. The van der Waals surface area contributed by atoms with Gasteiger partial charge in [-0.25, -0.2) is 0 Å². The van der Waals surface area contributed by atoms with Crippen molar-refractivity contribution >= 4 is 0 Å². The van der Waals surface area contributed by atoms with E-state index in [0.717, 1.165) is 11.4 Å². The fraction of sp³-hybridized carbons (Fsp3) is 0.750. The average Bonchev–Trinajstić information content (AvgIpc) is 2.29. The lowest BCUT2D eigenvalue weighted by molar-refractivity contribution is 0.408. The Bertz CT molecular complexity index is 275. The predicted octanol–water partition coefficient (Wildman–Crippen LogP) is 0.541. The van der Waals surface area contributed by atoms with Gasteiger partial charge in [-0.15, -0.1) is 5.10 Å². The highest BCUT2D eigenvalue weighted by atomic mass is 15.4. The minimum atomic E-state index is 0.551. The zero-order chi connectivity index (χ0) is 8.55. The maximum Gasteiger partial charge on any atom is 0.0903 e. The van der Waals surface area contributed by atoms with Crippen molar-refractivity contribution < 1.29 is 0 Å². The van der Waals surface area contributed by atoms with E-state index >= 15 is 0 Å². The van der Waals surface area contributed by atoms with Gasteiger partial charge in [0, 0.05) is 19.5 Å². The van der Waals surface area contributed by atoms with Gasteiger partial charge in [-0.05, 0) is 12.8 Å². The van der Waals surface area contributed by atoms with E-state index in [9.17, 15) is 0 Å². The highest BCUT2D eigenvalue weighted by Gasteiger charge is 2.25. The Hall–Kier alpha value is -0.900.